The second-order valence-electron chi connectivity index (χ2n) is 4.31. The first kappa shape index (κ1) is 10.6. The second kappa shape index (κ2) is 3.91. The van der Waals surface area contributed by atoms with Gasteiger partial charge in [0.2, 0.25) is 0 Å². The van der Waals surface area contributed by atoms with Gasteiger partial charge in [0.1, 0.15) is 11.4 Å². The van der Waals surface area contributed by atoms with Gasteiger partial charge < -0.3 is 10.4 Å². The molecule has 0 aliphatic carbocycles. The third-order valence-electron chi connectivity index (χ3n) is 3.15. The SMILES string of the molecule is CC(O)(c1cccc(F)c1)C1CCCN1. The zero-order valence-corrected chi connectivity index (χ0v) is 8.83. The van der Waals surface area contributed by atoms with Gasteiger partial charge in [0.25, 0.3) is 0 Å². The van der Waals surface area contributed by atoms with E-state index in [-0.39, 0.29) is 11.9 Å². The molecule has 0 bridgehead atoms. The molecule has 0 radical (unpaired) electrons. The van der Waals surface area contributed by atoms with E-state index in [9.17, 15) is 9.50 Å². The van der Waals surface area contributed by atoms with Crippen molar-refractivity contribution in [2.45, 2.75) is 31.4 Å². The summed E-state index contributed by atoms with van der Waals surface area (Å²) in [6.07, 6.45) is 2.00. The Balaban J connectivity index is 2.27. The van der Waals surface area contributed by atoms with Crippen molar-refractivity contribution in [2.24, 2.45) is 0 Å². The number of hydrogen-bond donors (Lipinski definition) is 2. The molecular formula is C12H16FNO. The molecule has 1 fully saturated rings. The Morgan fingerprint density at radius 1 is 1.53 bits per heavy atom. The predicted molar refractivity (Wildman–Crippen MR) is 57.0 cm³/mol. The van der Waals surface area contributed by atoms with E-state index in [1.54, 1.807) is 19.1 Å². The normalized spacial score (nSPS) is 25.1. The average Bonchev–Trinajstić information content (AvgIpc) is 2.71. The number of halogens is 1. The molecule has 1 aromatic rings. The summed E-state index contributed by atoms with van der Waals surface area (Å²) < 4.78 is 13.1. The number of nitrogens with one attached hydrogen (secondary N) is 1. The lowest BCUT2D eigenvalue weighted by atomic mass is 9.87. The van der Waals surface area contributed by atoms with E-state index >= 15 is 0 Å². The molecule has 2 unspecified atom stereocenters. The molecule has 2 nitrogen and oxygen atoms in total. The third kappa shape index (κ3) is 2.03. The van der Waals surface area contributed by atoms with Crippen LogP contribution in [0.25, 0.3) is 0 Å². The summed E-state index contributed by atoms with van der Waals surface area (Å²) in [5, 5.41) is 13.6. The number of hydrogen-bond acceptors (Lipinski definition) is 2. The Bertz CT molecular complexity index is 345. The van der Waals surface area contributed by atoms with Crippen molar-refractivity contribution in [1.82, 2.24) is 5.32 Å². The predicted octanol–water partition coefficient (Wildman–Crippen LogP) is 1.79. The molecule has 3 heteroatoms. The summed E-state index contributed by atoms with van der Waals surface area (Å²) in [7, 11) is 0. The van der Waals surface area contributed by atoms with Crippen LogP contribution in [0.3, 0.4) is 0 Å². The van der Waals surface area contributed by atoms with Crippen LogP contribution in [0.1, 0.15) is 25.3 Å². The molecule has 1 aliphatic heterocycles. The van der Waals surface area contributed by atoms with Crippen LogP contribution in [0.15, 0.2) is 24.3 Å². The second-order valence-corrected chi connectivity index (χ2v) is 4.31. The van der Waals surface area contributed by atoms with Crippen molar-refractivity contribution in [3.63, 3.8) is 0 Å². The van der Waals surface area contributed by atoms with E-state index < -0.39 is 5.60 Å². The first-order valence-electron chi connectivity index (χ1n) is 5.32. The summed E-state index contributed by atoms with van der Waals surface area (Å²) >= 11 is 0. The van der Waals surface area contributed by atoms with Gasteiger partial charge in [0.15, 0.2) is 0 Å². The highest BCUT2D eigenvalue weighted by atomic mass is 19.1. The van der Waals surface area contributed by atoms with Crippen molar-refractivity contribution >= 4 is 0 Å². The van der Waals surface area contributed by atoms with E-state index in [0.29, 0.717) is 5.56 Å². The van der Waals surface area contributed by atoms with Crippen LogP contribution in [0, 0.1) is 5.82 Å². The molecule has 1 aromatic carbocycles. The molecule has 0 saturated carbocycles. The van der Waals surface area contributed by atoms with Gasteiger partial charge in [-0.1, -0.05) is 12.1 Å². The van der Waals surface area contributed by atoms with Crippen LogP contribution in [-0.2, 0) is 5.60 Å². The van der Waals surface area contributed by atoms with E-state index in [0.717, 1.165) is 19.4 Å². The minimum absolute atomic E-state index is 0.0271. The monoisotopic (exact) mass is 209 g/mol. The fourth-order valence-electron chi connectivity index (χ4n) is 2.17. The number of aliphatic hydroxyl groups is 1. The van der Waals surface area contributed by atoms with Gasteiger partial charge in [-0.05, 0) is 44.0 Å². The lowest BCUT2D eigenvalue weighted by Gasteiger charge is -2.30. The molecule has 2 atom stereocenters. The quantitative estimate of drug-likeness (QED) is 0.778. The Labute approximate surface area is 89.1 Å². The van der Waals surface area contributed by atoms with Crippen molar-refractivity contribution in [2.75, 3.05) is 6.54 Å². The Hall–Kier alpha value is -0.930. The highest BCUT2D eigenvalue weighted by Gasteiger charge is 2.35. The molecule has 15 heavy (non-hydrogen) atoms. The summed E-state index contributed by atoms with van der Waals surface area (Å²) in [5.74, 6) is -0.300. The molecule has 1 aliphatic rings. The van der Waals surface area contributed by atoms with Gasteiger partial charge >= 0.3 is 0 Å². The van der Waals surface area contributed by atoms with Crippen LogP contribution >= 0.6 is 0 Å². The van der Waals surface area contributed by atoms with Crippen LogP contribution in [0.5, 0.6) is 0 Å². The molecule has 0 amide bonds. The standard InChI is InChI=1S/C12H16FNO/c1-12(15,11-6-3-7-14-11)9-4-2-5-10(13)8-9/h2,4-5,8,11,14-15H,3,6-7H2,1H3. The van der Waals surface area contributed by atoms with Crippen LogP contribution in [0.4, 0.5) is 4.39 Å². The van der Waals surface area contributed by atoms with Crippen molar-refractivity contribution in [3.8, 4) is 0 Å². The van der Waals surface area contributed by atoms with Crippen molar-refractivity contribution < 1.29 is 9.50 Å². The summed E-state index contributed by atoms with van der Waals surface area (Å²) in [6.45, 7) is 2.67. The van der Waals surface area contributed by atoms with Gasteiger partial charge in [-0.2, -0.15) is 0 Å². The lowest BCUT2D eigenvalue weighted by molar-refractivity contribution is 0.0216. The number of rotatable bonds is 2. The van der Waals surface area contributed by atoms with E-state index in [4.69, 9.17) is 0 Å². The fraction of sp³-hybridized carbons (Fsp3) is 0.500. The minimum Gasteiger partial charge on any atom is -0.384 e. The molecule has 2 N–H and O–H groups in total. The van der Waals surface area contributed by atoms with Crippen molar-refractivity contribution in [3.05, 3.63) is 35.6 Å². The lowest BCUT2D eigenvalue weighted by Crippen LogP contribution is -2.42. The van der Waals surface area contributed by atoms with Gasteiger partial charge in [0, 0.05) is 6.04 Å². The molecule has 82 valence electrons. The van der Waals surface area contributed by atoms with Crippen LogP contribution in [0.2, 0.25) is 0 Å². The largest absolute Gasteiger partial charge is 0.384 e. The summed E-state index contributed by atoms with van der Waals surface area (Å²) in [5.41, 5.74) is -0.347. The van der Waals surface area contributed by atoms with Crippen LogP contribution in [-0.4, -0.2) is 17.7 Å². The van der Waals surface area contributed by atoms with Gasteiger partial charge in [-0.3, -0.25) is 0 Å². The van der Waals surface area contributed by atoms with Crippen molar-refractivity contribution in [1.29, 1.82) is 0 Å². The fourth-order valence-corrected chi connectivity index (χ4v) is 2.17. The maximum absolute atomic E-state index is 13.1. The summed E-state index contributed by atoms with van der Waals surface area (Å²) in [4.78, 5) is 0. The highest BCUT2D eigenvalue weighted by molar-refractivity contribution is 5.24. The maximum atomic E-state index is 13.1. The molecule has 0 spiro atoms. The summed E-state index contributed by atoms with van der Waals surface area (Å²) in [6, 6.07) is 6.22. The minimum atomic E-state index is -0.988. The van der Waals surface area contributed by atoms with E-state index in [1.165, 1.54) is 12.1 Å². The smallest absolute Gasteiger partial charge is 0.123 e. The molecule has 1 saturated heterocycles. The molecule has 2 rings (SSSR count). The van der Waals surface area contributed by atoms with Gasteiger partial charge in [0.05, 0.1) is 0 Å². The number of benzene rings is 1. The highest BCUT2D eigenvalue weighted by Crippen LogP contribution is 2.29. The Morgan fingerprint density at radius 3 is 2.93 bits per heavy atom. The zero-order chi connectivity index (χ0) is 10.9. The molecule has 1 heterocycles. The topological polar surface area (TPSA) is 32.3 Å². The van der Waals surface area contributed by atoms with Crippen LogP contribution < -0.4 is 5.32 Å². The van der Waals surface area contributed by atoms with Gasteiger partial charge in [-0.15, -0.1) is 0 Å². The first-order valence-corrected chi connectivity index (χ1v) is 5.32. The molecular weight excluding hydrogens is 193 g/mol. The molecule has 0 aromatic heterocycles. The first-order chi connectivity index (χ1) is 7.10. The third-order valence-corrected chi connectivity index (χ3v) is 3.15. The van der Waals surface area contributed by atoms with E-state index in [2.05, 4.69) is 5.32 Å². The average molecular weight is 209 g/mol. The van der Waals surface area contributed by atoms with E-state index in [1.807, 2.05) is 0 Å². The Morgan fingerprint density at radius 2 is 2.33 bits per heavy atom. The zero-order valence-electron chi connectivity index (χ0n) is 8.83. The van der Waals surface area contributed by atoms with Gasteiger partial charge in [-0.25, -0.2) is 4.39 Å². The Kier molecular flexibility index (Phi) is 2.76. The maximum Gasteiger partial charge on any atom is 0.123 e.